The number of aryl methyl sites for hydroxylation is 2. The van der Waals surface area contributed by atoms with Crippen molar-refractivity contribution < 1.29 is 9.59 Å². The van der Waals surface area contributed by atoms with Gasteiger partial charge < -0.3 is 5.32 Å². The average molecular weight is 402 g/mol. The number of carbonyl (C=O) groups excluding carboxylic acids is 2. The van der Waals surface area contributed by atoms with Crippen LogP contribution in [0.15, 0.2) is 40.9 Å². The number of rotatable bonds is 6. The maximum atomic E-state index is 12.0. The molecule has 3 rings (SSSR count). The highest BCUT2D eigenvalue weighted by molar-refractivity contribution is 7.99. The number of carbonyl (C=O) groups is 2. The Hall–Kier alpha value is -2.65. The van der Waals surface area contributed by atoms with Gasteiger partial charge in [-0.2, -0.15) is 0 Å². The molecule has 1 aromatic carbocycles. The predicted molar refractivity (Wildman–Crippen MR) is 107 cm³/mol. The van der Waals surface area contributed by atoms with Crippen LogP contribution in [0.2, 0.25) is 0 Å². The Bertz CT molecular complexity index is 937. The zero-order valence-electron chi connectivity index (χ0n) is 14.9. The van der Waals surface area contributed by atoms with Crippen LogP contribution in [0, 0.1) is 13.8 Å². The number of hydrogen-bond donors (Lipinski definition) is 3. The van der Waals surface area contributed by atoms with Crippen LogP contribution in [0.5, 0.6) is 0 Å². The third-order valence-electron chi connectivity index (χ3n) is 3.65. The molecular weight excluding hydrogens is 382 g/mol. The van der Waals surface area contributed by atoms with Crippen LogP contribution in [0.1, 0.15) is 21.8 Å². The minimum atomic E-state index is -0.555. The molecule has 0 radical (unpaired) electrons. The number of imide groups is 1. The molecule has 2 aromatic heterocycles. The third kappa shape index (κ3) is 5.66. The van der Waals surface area contributed by atoms with Crippen molar-refractivity contribution >= 4 is 40.7 Å². The fourth-order valence-electron chi connectivity index (χ4n) is 2.40. The number of aromatic nitrogens is 3. The molecule has 0 atom stereocenters. The molecule has 0 fully saturated rings. The van der Waals surface area contributed by atoms with E-state index in [1.165, 1.54) is 16.6 Å². The van der Waals surface area contributed by atoms with Gasteiger partial charge in [0.05, 0.1) is 5.75 Å². The normalized spacial score (nSPS) is 10.6. The van der Waals surface area contributed by atoms with Gasteiger partial charge >= 0.3 is 6.03 Å². The Labute approximate surface area is 165 Å². The zero-order chi connectivity index (χ0) is 19.2. The molecule has 0 aliphatic heterocycles. The molecule has 7 nitrogen and oxygen atoms in total. The fourth-order valence-corrected chi connectivity index (χ4v) is 3.73. The highest BCUT2D eigenvalue weighted by Crippen LogP contribution is 2.17. The van der Waals surface area contributed by atoms with Crippen LogP contribution in [0.25, 0.3) is 0 Å². The first-order chi connectivity index (χ1) is 13.0. The fraction of sp³-hybridized carbons (Fsp3) is 0.222. The van der Waals surface area contributed by atoms with Gasteiger partial charge in [0.2, 0.25) is 11.1 Å². The van der Waals surface area contributed by atoms with E-state index in [0.717, 1.165) is 17.0 Å². The smallest absolute Gasteiger partial charge is 0.307 e. The van der Waals surface area contributed by atoms with Crippen molar-refractivity contribution in [3.8, 4) is 0 Å². The van der Waals surface area contributed by atoms with Crippen molar-refractivity contribution in [2.24, 2.45) is 0 Å². The number of thiophene rings is 1. The lowest BCUT2D eigenvalue weighted by Crippen LogP contribution is -2.35. The number of H-pyrrole nitrogens is 1. The van der Waals surface area contributed by atoms with Crippen LogP contribution in [0.4, 0.5) is 10.5 Å². The Morgan fingerprint density at radius 3 is 2.85 bits per heavy atom. The molecular formula is C18H19N5O2S2. The number of aromatic amines is 1. The number of nitrogens with zero attached hydrogens (tertiary/aromatic N) is 2. The molecule has 0 aliphatic rings. The highest BCUT2D eigenvalue weighted by Gasteiger charge is 2.12. The van der Waals surface area contributed by atoms with E-state index in [0.29, 0.717) is 17.3 Å². The summed E-state index contributed by atoms with van der Waals surface area (Å²) in [7, 11) is 0. The van der Waals surface area contributed by atoms with E-state index < -0.39 is 11.9 Å². The number of benzene rings is 1. The summed E-state index contributed by atoms with van der Waals surface area (Å²) >= 11 is 2.82. The molecule has 140 valence electrons. The Morgan fingerprint density at radius 1 is 1.26 bits per heavy atom. The molecule has 3 aromatic rings. The summed E-state index contributed by atoms with van der Waals surface area (Å²) in [5.41, 5.74) is 2.72. The zero-order valence-corrected chi connectivity index (χ0v) is 16.5. The molecule has 0 aliphatic carbocycles. The number of urea groups is 1. The summed E-state index contributed by atoms with van der Waals surface area (Å²) < 4.78 is 0. The minimum absolute atomic E-state index is 0.0522. The number of hydrogen-bond acceptors (Lipinski definition) is 6. The first kappa shape index (κ1) is 19.1. The molecule has 3 amide bonds. The molecule has 0 spiro atoms. The first-order valence-electron chi connectivity index (χ1n) is 8.24. The Kier molecular flexibility index (Phi) is 6.25. The molecule has 9 heteroatoms. The van der Waals surface area contributed by atoms with Crippen molar-refractivity contribution in [2.75, 3.05) is 11.1 Å². The summed E-state index contributed by atoms with van der Waals surface area (Å²) in [5, 5.41) is 14.4. The summed E-state index contributed by atoms with van der Waals surface area (Å²) in [6, 6.07) is 9.13. The molecule has 2 heterocycles. The van der Waals surface area contributed by atoms with E-state index >= 15 is 0 Å². The van der Waals surface area contributed by atoms with E-state index in [9.17, 15) is 9.59 Å². The number of anilines is 1. The monoisotopic (exact) mass is 401 g/mol. The highest BCUT2D eigenvalue weighted by atomic mass is 32.2. The molecule has 0 unspecified atom stereocenters. The van der Waals surface area contributed by atoms with Gasteiger partial charge in [-0.15, -0.1) is 16.4 Å². The van der Waals surface area contributed by atoms with E-state index in [4.69, 9.17) is 0 Å². The standard InChI is InChI=1S/C18H19N5O2S2/c1-11-5-6-14(12(2)8-11)19-17(25)21-16(24)10-27-18-20-15(22-23-18)9-13-4-3-7-26-13/h3-8H,9-10H2,1-2H3,(H,20,22,23)(H2,19,21,24,25). The molecule has 3 N–H and O–H groups in total. The van der Waals surface area contributed by atoms with Crippen LogP contribution >= 0.6 is 23.1 Å². The van der Waals surface area contributed by atoms with Crippen LogP contribution in [0.3, 0.4) is 0 Å². The number of nitrogens with one attached hydrogen (secondary N) is 3. The van der Waals surface area contributed by atoms with E-state index in [2.05, 4.69) is 25.8 Å². The maximum Gasteiger partial charge on any atom is 0.325 e. The molecule has 0 saturated carbocycles. The van der Waals surface area contributed by atoms with E-state index in [1.54, 1.807) is 11.3 Å². The van der Waals surface area contributed by atoms with Crippen LogP contribution in [-0.4, -0.2) is 32.9 Å². The quantitative estimate of drug-likeness (QED) is 0.549. The average Bonchev–Trinajstić information content (AvgIpc) is 3.28. The van der Waals surface area contributed by atoms with Crippen molar-refractivity contribution in [3.05, 3.63) is 57.5 Å². The maximum absolute atomic E-state index is 12.0. The predicted octanol–water partition coefficient (Wildman–Crippen LogP) is 3.51. The topological polar surface area (TPSA) is 99.8 Å². The Morgan fingerprint density at radius 2 is 2.11 bits per heavy atom. The minimum Gasteiger partial charge on any atom is -0.307 e. The summed E-state index contributed by atoms with van der Waals surface area (Å²) in [4.78, 5) is 29.5. The summed E-state index contributed by atoms with van der Waals surface area (Å²) in [6.07, 6.45) is 0.676. The lowest BCUT2D eigenvalue weighted by molar-refractivity contribution is -0.117. The van der Waals surface area contributed by atoms with Gasteiger partial charge in [-0.05, 0) is 36.9 Å². The van der Waals surface area contributed by atoms with Gasteiger partial charge in [0.15, 0.2) is 0 Å². The van der Waals surface area contributed by atoms with Crippen molar-refractivity contribution in [1.29, 1.82) is 0 Å². The van der Waals surface area contributed by atoms with Crippen LogP contribution < -0.4 is 10.6 Å². The second-order valence-corrected chi connectivity index (χ2v) is 7.90. The lowest BCUT2D eigenvalue weighted by atomic mass is 10.1. The van der Waals surface area contributed by atoms with E-state index in [-0.39, 0.29) is 5.75 Å². The number of amides is 3. The van der Waals surface area contributed by atoms with Crippen molar-refractivity contribution in [1.82, 2.24) is 20.5 Å². The second kappa shape index (κ2) is 8.83. The van der Waals surface area contributed by atoms with Gasteiger partial charge in [0.25, 0.3) is 0 Å². The largest absolute Gasteiger partial charge is 0.325 e. The van der Waals surface area contributed by atoms with Crippen molar-refractivity contribution in [2.45, 2.75) is 25.4 Å². The second-order valence-electron chi connectivity index (χ2n) is 5.93. The molecule has 0 saturated heterocycles. The third-order valence-corrected chi connectivity index (χ3v) is 5.37. The lowest BCUT2D eigenvalue weighted by Gasteiger charge is -2.09. The molecule has 0 bridgehead atoms. The van der Waals surface area contributed by atoms with Gasteiger partial charge in [0, 0.05) is 17.0 Å². The van der Waals surface area contributed by atoms with Crippen LogP contribution in [-0.2, 0) is 11.2 Å². The first-order valence-corrected chi connectivity index (χ1v) is 10.1. The molecule has 27 heavy (non-hydrogen) atoms. The van der Waals surface area contributed by atoms with Crippen molar-refractivity contribution in [3.63, 3.8) is 0 Å². The van der Waals surface area contributed by atoms with E-state index in [1.807, 2.05) is 49.6 Å². The van der Waals surface area contributed by atoms with Gasteiger partial charge in [-0.1, -0.05) is 35.5 Å². The SMILES string of the molecule is Cc1ccc(NC(=O)NC(=O)CSc2n[nH]c(Cc3cccs3)n2)c(C)c1. The number of thioether (sulfide) groups is 1. The van der Waals surface area contributed by atoms with Gasteiger partial charge in [0.1, 0.15) is 5.82 Å². The Balaban J connectivity index is 1.45. The summed E-state index contributed by atoms with van der Waals surface area (Å²) in [6.45, 7) is 3.88. The van der Waals surface area contributed by atoms with Gasteiger partial charge in [-0.3, -0.25) is 15.2 Å². The summed E-state index contributed by atoms with van der Waals surface area (Å²) in [5.74, 6) is 0.385. The van der Waals surface area contributed by atoms with Gasteiger partial charge in [-0.25, -0.2) is 9.78 Å².